The van der Waals surface area contributed by atoms with E-state index in [0.717, 1.165) is 40.8 Å². The molecule has 0 fully saturated rings. The third-order valence-corrected chi connectivity index (χ3v) is 3.40. The fourth-order valence-corrected chi connectivity index (χ4v) is 2.54. The van der Waals surface area contributed by atoms with Crippen LogP contribution in [0.25, 0.3) is 0 Å². The van der Waals surface area contributed by atoms with Crippen molar-refractivity contribution in [1.29, 1.82) is 0 Å². The third kappa shape index (κ3) is 5.86. The number of ether oxygens (including phenoxy) is 2. The van der Waals surface area contributed by atoms with Crippen LogP contribution in [0.3, 0.4) is 0 Å². The van der Waals surface area contributed by atoms with Crippen molar-refractivity contribution in [3.05, 3.63) is 27.1 Å². The van der Waals surface area contributed by atoms with E-state index in [-0.39, 0.29) is 0 Å². The lowest BCUT2D eigenvalue weighted by Gasteiger charge is -2.10. The summed E-state index contributed by atoms with van der Waals surface area (Å²) in [5.41, 5.74) is 0. The van der Waals surface area contributed by atoms with Gasteiger partial charge in [0.05, 0.1) is 8.95 Å². The van der Waals surface area contributed by atoms with E-state index in [1.807, 2.05) is 18.2 Å². The molecule has 0 radical (unpaired) electrons. The highest BCUT2D eigenvalue weighted by atomic mass is 79.9. The van der Waals surface area contributed by atoms with Gasteiger partial charge in [-0.2, -0.15) is 0 Å². The summed E-state index contributed by atoms with van der Waals surface area (Å²) in [6.07, 6.45) is 1.02. The molecule has 1 N–H and O–H groups in total. The van der Waals surface area contributed by atoms with Gasteiger partial charge in [-0.05, 0) is 57.0 Å². The SMILES string of the molecule is COCCCNCCOc1c(Br)cccc1Br. The van der Waals surface area contributed by atoms with Gasteiger partial charge in [0.25, 0.3) is 0 Å². The van der Waals surface area contributed by atoms with Crippen LogP contribution in [0.2, 0.25) is 0 Å². The van der Waals surface area contributed by atoms with Gasteiger partial charge in [-0.15, -0.1) is 0 Å². The van der Waals surface area contributed by atoms with Crippen molar-refractivity contribution in [1.82, 2.24) is 5.32 Å². The van der Waals surface area contributed by atoms with Crippen molar-refractivity contribution in [2.45, 2.75) is 6.42 Å². The molecule has 5 heteroatoms. The van der Waals surface area contributed by atoms with Crippen LogP contribution in [0.15, 0.2) is 27.1 Å². The highest BCUT2D eigenvalue weighted by Crippen LogP contribution is 2.32. The Bertz CT molecular complexity index is 314. The van der Waals surface area contributed by atoms with Crippen molar-refractivity contribution < 1.29 is 9.47 Å². The summed E-state index contributed by atoms with van der Waals surface area (Å²) in [5, 5.41) is 3.29. The number of benzene rings is 1. The first-order valence-corrected chi connectivity index (χ1v) is 7.10. The summed E-state index contributed by atoms with van der Waals surface area (Å²) in [6, 6.07) is 5.89. The maximum absolute atomic E-state index is 5.69. The zero-order valence-electron chi connectivity index (χ0n) is 9.84. The molecular weight excluding hydrogens is 350 g/mol. The molecule has 0 saturated carbocycles. The maximum Gasteiger partial charge on any atom is 0.147 e. The predicted octanol–water partition coefficient (Wildman–Crippen LogP) is 3.22. The Morgan fingerprint density at radius 1 is 1.12 bits per heavy atom. The molecule has 0 aliphatic heterocycles. The molecule has 1 aromatic rings. The van der Waals surface area contributed by atoms with Gasteiger partial charge in [0, 0.05) is 20.3 Å². The average molecular weight is 367 g/mol. The Labute approximate surface area is 119 Å². The van der Waals surface area contributed by atoms with Crippen LogP contribution < -0.4 is 10.1 Å². The van der Waals surface area contributed by atoms with Crippen LogP contribution in [0.5, 0.6) is 5.75 Å². The second-order valence-corrected chi connectivity index (χ2v) is 5.20. The molecule has 3 nitrogen and oxygen atoms in total. The van der Waals surface area contributed by atoms with Crippen molar-refractivity contribution in [3.63, 3.8) is 0 Å². The van der Waals surface area contributed by atoms with E-state index in [1.54, 1.807) is 7.11 Å². The molecule has 1 aromatic carbocycles. The maximum atomic E-state index is 5.69. The highest BCUT2D eigenvalue weighted by molar-refractivity contribution is 9.11. The van der Waals surface area contributed by atoms with Gasteiger partial charge in [-0.25, -0.2) is 0 Å². The molecule has 0 aliphatic carbocycles. The molecule has 96 valence electrons. The van der Waals surface area contributed by atoms with Crippen molar-refractivity contribution in [3.8, 4) is 5.75 Å². The quantitative estimate of drug-likeness (QED) is 0.716. The third-order valence-electron chi connectivity index (χ3n) is 2.15. The van der Waals surface area contributed by atoms with Gasteiger partial charge >= 0.3 is 0 Å². The first-order valence-electron chi connectivity index (χ1n) is 5.52. The normalized spacial score (nSPS) is 10.5. The lowest BCUT2D eigenvalue weighted by Crippen LogP contribution is -2.23. The first-order chi connectivity index (χ1) is 8.25. The van der Waals surface area contributed by atoms with E-state index in [2.05, 4.69) is 37.2 Å². The zero-order valence-corrected chi connectivity index (χ0v) is 13.0. The summed E-state index contributed by atoms with van der Waals surface area (Å²) >= 11 is 6.92. The predicted molar refractivity (Wildman–Crippen MR) is 76.7 cm³/mol. The molecule has 0 saturated heterocycles. The van der Waals surface area contributed by atoms with Gasteiger partial charge in [-0.1, -0.05) is 6.07 Å². The Morgan fingerprint density at radius 3 is 2.47 bits per heavy atom. The topological polar surface area (TPSA) is 30.5 Å². The summed E-state index contributed by atoms with van der Waals surface area (Å²) in [5.74, 6) is 0.853. The van der Waals surface area contributed by atoms with E-state index in [4.69, 9.17) is 9.47 Å². The number of nitrogens with one attached hydrogen (secondary N) is 1. The van der Waals surface area contributed by atoms with Crippen molar-refractivity contribution in [2.24, 2.45) is 0 Å². The molecule has 17 heavy (non-hydrogen) atoms. The number of hydrogen-bond donors (Lipinski definition) is 1. The minimum atomic E-state index is 0.647. The van der Waals surface area contributed by atoms with Crippen molar-refractivity contribution >= 4 is 31.9 Å². The van der Waals surface area contributed by atoms with Crippen LogP contribution >= 0.6 is 31.9 Å². The largest absolute Gasteiger partial charge is 0.490 e. The van der Waals surface area contributed by atoms with Gasteiger partial charge in [-0.3, -0.25) is 0 Å². The number of methoxy groups -OCH3 is 1. The van der Waals surface area contributed by atoms with E-state index in [0.29, 0.717) is 6.61 Å². The van der Waals surface area contributed by atoms with Gasteiger partial charge in [0.15, 0.2) is 0 Å². The second kappa shape index (κ2) is 8.91. The smallest absolute Gasteiger partial charge is 0.147 e. The fraction of sp³-hybridized carbons (Fsp3) is 0.500. The minimum Gasteiger partial charge on any atom is -0.490 e. The fourth-order valence-electron chi connectivity index (χ4n) is 1.31. The lowest BCUT2D eigenvalue weighted by atomic mass is 10.3. The van der Waals surface area contributed by atoms with E-state index in [1.165, 1.54) is 0 Å². The monoisotopic (exact) mass is 365 g/mol. The van der Waals surface area contributed by atoms with Crippen LogP contribution in [0.1, 0.15) is 6.42 Å². The number of halogens is 2. The highest BCUT2D eigenvalue weighted by Gasteiger charge is 2.04. The molecule has 0 atom stereocenters. The number of rotatable bonds is 8. The van der Waals surface area contributed by atoms with Gasteiger partial charge in [0.2, 0.25) is 0 Å². The minimum absolute atomic E-state index is 0.647. The van der Waals surface area contributed by atoms with Crippen molar-refractivity contribution in [2.75, 3.05) is 33.4 Å². The summed E-state index contributed by atoms with van der Waals surface area (Å²) < 4.78 is 12.6. The van der Waals surface area contributed by atoms with Gasteiger partial charge < -0.3 is 14.8 Å². The molecular formula is C12H17Br2NO2. The number of para-hydroxylation sites is 1. The Morgan fingerprint density at radius 2 is 1.82 bits per heavy atom. The first kappa shape index (κ1) is 15.0. The second-order valence-electron chi connectivity index (χ2n) is 3.50. The molecule has 0 unspecified atom stereocenters. The molecule has 0 aliphatic rings. The Hall–Kier alpha value is -0.100. The Balaban J connectivity index is 2.18. The number of hydrogen-bond acceptors (Lipinski definition) is 3. The van der Waals surface area contributed by atoms with E-state index in [9.17, 15) is 0 Å². The van der Waals surface area contributed by atoms with Crippen LogP contribution in [0.4, 0.5) is 0 Å². The molecule has 0 spiro atoms. The molecule has 0 amide bonds. The molecule has 0 heterocycles. The van der Waals surface area contributed by atoms with Crippen LogP contribution in [-0.4, -0.2) is 33.4 Å². The Kier molecular flexibility index (Phi) is 7.84. The molecule has 0 bridgehead atoms. The van der Waals surface area contributed by atoms with E-state index >= 15 is 0 Å². The van der Waals surface area contributed by atoms with Gasteiger partial charge in [0.1, 0.15) is 12.4 Å². The summed E-state index contributed by atoms with van der Waals surface area (Å²) in [7, 11) is 1.72. The summed E-state index contributed by atoms with van der Waals surface area (Å²) in [6.45, 7) is 3.23. The molecule has 1 rings (SSSR count). The van der Waals surface area contributed by atoms with E-state index < -0.39 is 0 Å². The summed E-state index contributed by atoms with van der Waals surface area (Å²) in [4.78, 5) is 0. The standard InChI is InChI=1S/C12H17Br2NO2/c1-16-8-3-6-15-7-9-17-12-10(13)4-2-5-11(12)14/h2,4-5,15H,3,6-9H2,1H3. The average Bonchev–Trinajstić information content (AvgIpc) is 2.31. The lowest BCUT2D eigenvalue weighted by molar-refractivity contribution is 0.193. The molecule has 0 aromatic heterocycles. The van der Waals surface area contributed by atoms with Crippen LogP contribution in [0, 0.1) is 0 Å². The van der Waals surface area contributed by atoms with Crippen LogP contribution in [-0.2, 0) is 4.74 Å². The zero-order chi connectivity index (χ0) is 12.5.